The zero-order valence-electron chi connectivity index (χ0n) is 46.7. The Balaban J connectivity index is 0.00000374. The molecule has 4 aromatic carbocycles. The zero-order valence-corrected chi connectivity index (χ0v) is 56.0. The van der Waals surface area contributed by atoms with Crippen LogP contribution in [0.25, 0.3) is 21.5 Å². The van der Waals surface area contributed by atoms with Crippen LogP contribution in [0.4, 0.5) is 11.4 Å². The molecule has 78 heavy (non-hydrogen) atoms. The Morgan fingerprint density at radius 2 is 1.49 bits per heavy atom. The molecule has 0 N–H and O–H groups in total. The van der Waals surface area contributed by atoms with Crippen LogP contribution in [-0.4, -0.2) is 103 Å². The van der Waals surface area contributed by atoms with E-state index in [-0.39, 0.29) is 136 Å². The van der Waals surface area contributed by atoms with E-state index in [1.807, 2.05) is 75.1 Å². The number of piperazine rings is 1. The molecule has 4 aliphatic rings. The van der Waals surface area contributed by atoms with E-state index in [0.717, 1.165) is 92.6 Å². The molecule has 1 aliphatic carbocycles. The maximum Gasteiger partial charge on any atom is 1.00 e. The molecule has 1 saturated heterocycles. The quantitative estimate of drug-likeness (QED) is 0.0208. The van der Waals surface area contributed by atoms with E-state index in [2.05, 4.69) is 80.8 Å². The second-order valence-corrected chi connectivity index (χ2v) is 26.6. The topological polar surface area (TPSA) is 227 Å². The van der Waals surface area contributed by atoms with Crippen LogP contribution in [0.2, 0.25) is 0 Å². The number of carbonyl (C=O) groups is 1. The van der Waals surface area contributed by atoms with Crippen LogP contribution >= 0.6 is 24.1 Å². The molecule has 2 fully saturated rings. The summed E-state index contributed by atoms with van der Waals surface area (Å²) in [5.74, 6) is -0.0333. The summed E-state index contributed by atoms with van der Waals surface area (Å²) >= 11 is 1.76. The SMILES string of the molecule is Cc1cc(S(=O)(=O)[O-])cc2ccc3c(c12)C(C)(C)C(/C=C/C1CC/C(=C/C=C2\N(CCC(C)S(=O)(=O)[O-])c4ccc5cc(SOO[O-])ccc5c4C2(C)C)C1=[N+]1CCN(C(=O)C(C)C)CC1)N3CCC(C)SOO[O-].[Na+].[Na+].[Na+]. The smallest absolute Gasteiger partial charge is 0.748 e. The van der Waals surface area contributed by atoms with Gasteiger partial charge in [0, 0.05) is 79.9 Å². The third-order valence-corrected chi connectivity index (χ3v) is 18.9. The van der Waals surface area contributed by atoms with Crippen LogP contribution in [0.5, 0.6) is 0 Å². The number of carbonyl (C=O) groups excluding carboxylic acids is 1. The number of anilines is 2. The van der Waals surface area contributed by atoms with Crippen LogP contribution in [0.3, 0.4) is 0 Å². The predicted molar refractivity (Wildman–Crippen MR) is 285 cm³/mol. The van der Waals surface area contributed by atoms with E-state index in [1.165, 1.54) is 19.1 Å². The molecule has 4 aromatic rings. The van der Waals surface area contributed by atoms with Gasteiger partial charge in [-0.1, -0.05) is 84.9 Å². The first kappa shape index (κ1) is 67.4. The molecular formula is C54H65N4Na3O13S4. The minimum atomic E-state index is -4.71. The predicted octanol–water partition coefficient (Wildman–Crippen LogP) is -1.59. The summed E-state index contributed by atoms with van der Waals surface area (Å²) in [5, 5.41) is 30.8. The van der Waals surface area contributed by atoms with Gasteiger partial charge in [0.2, 0.25) is 5.91 Å². The summed E-state index contributed by atoms with van der Waals surface area (Å²) in [6.07, 6.45) is 11.2. The van der Waals surface area contributed by atoms with Gasteiger partial charge in [-0.3, -0.25) is 14.9 Å². The second-order valence-electron chi connectivity index (χ2n) is 21.5. The number of hydrogen-bond donors (Lipinski definition) is 0. The Bertz CT molecular complexity index is 3220. The minimum absolute atomic E-state index is 0. The van der Waals surface area contributed by atoms with Crippen molar-refractivity contribution in [2.75, 3.05) is 49.1 Å². The number of amides is 1. The van der Waals surface area contributed by atoms with Crippen molar-refractivity contribution < 1.29 is 153 Å². The summed E-state index contributed by atoms with van der Waals surface area (Å²) in [4.78, 5) is 20.1. The first-order valence-corrected chi connectivity index (χ1v) is 29.7. The van der Waals surface area contributed by atoms with Crippen molar-refractivity contribution in [3.05, 3.63) is 107 Å². The Kier molecular flexibility index (Phi) is 23.8. The third kappa shape index (κ3) is 14.2. The Labute approximate surface area is 534 Å². The molecule has 1 amide bonds. The molecule has 3 heterocycles. The van der Waals surface area contributed by atoms with E-state index in [1.54, 1.807) is 0 Å². The fraction of sp³-hybridized carbons (Fsp3) is 0.481. The second kappa shape index (κ2) is 27.6. The number of allylic oxidation sites excluding steroid dienone is 5. The van der Waals surface area contributed by atoms with E-state index in [4.69, 9.17) is 4.33 Å². The van der Waals surface area contributed by atoms with Crippen LogP contribution < -0.4 is 109 Å². The van der Waals surface area contributed by atoms with E-state index in [0.29, 0.717) is 55.0 Å². The zero-order chi connectivity index (χ0) is 54.4. The Morgan fingerprint density at radius 1 is 0.821 bits per heavy atom. The molecule has 8 rings (SSSR count). The standard InChI is InChI=1S/C54H68N4O13S4.3Na/c1-33(2)52(59)56-28-26-55(27-29-56)51-37(14-20-46-53(6,7)49-43-17-16-41(73-71-69-61)31-39(43)12-18-44(49)58(46)25-23-36(5)74(62,63)64)10-11-38(51)15-21-47-54(8,9)50-45(57(47)24-22-35(4)72-70-68-60)19-13-40-32-42(75(65,66)67)30-34(3)48(40)50;;;/h12-21,30-33,35-36,38,47H,10-11,22-29H2,1-9H3,(H3-,60,61,62,63,64,65,66,67);;;/q;3*+1/p-3/b21-15+;;;. The molecule has 0 spiro atoms. The van der Waals surface area contributed by atoms with Gasteiger partial charge in [0.05, 0.1) is 52.1 Å². The summed E-state index contributed by atoms with van der Waals surface area (Å²) in [7, 11) is -9.26. The fourth-order valence-corrected chi connectivity index (χ4v) is 13.6. The molecule has 0 aromatic heterocycles. The minimum Gasteiger partial charge on any atom is -0.748 e. The maximum atomic E-state index is 13.2. The normalized spacial score (nSPS) is 20.9. The molecule has 4 atom stereocenters. The van der Waals surface area contributed by atoms with Crippen molar-refractivity contribution in [2.45, 2.75) is 125 Å². The first-order chi connectivity index (χ1) is 35.4. The number of benzene rings is 4. The molecule has 3 aliphatic heterocycles. The van der Waals surface area contributed by atoms with Gasteiger partial charge in [-0.25, -0.2) is 21.4 Å². The average Bonchev–Trinajstić information content (AvgIpc) is 4.05. The van der Waals surface area contributed by atoms with E-state index < -0.39 is 36.3 Å². The van der Waals surface area contributed by atoms with Crippen molar-refractivity contribution in [3.8, 4) is 0 Å². The molecule has 4 unspecified atom stereocenters. The number of hydrogen-bond acceptors (Lipinski definition) is 17. The van der Waals surface area contributed by atoms with E-state index >= 15 is 0 Å². The number of aryl methyl sites for hydroxylation is 1. The van der Waals surface area contributed by atoms with E-state index in [9.17, 15) is 41.3 Å². The molecule has 0 bridgehead atoms. The largest absolute Gasteiger partial charge is 1.00 e. The number of nitrogens with zero attached hydrogens (tertiary/aromatic N) is 4. The monoisotopic (exact) mass is 1170 g/mol. The number of rotatable bonds is 18. The van der Waals surface area contributed by atoms with Crippen LogP contribution in [0.1, 0.15) is 97.8 Å². The molecule has 24 heteroatoms. The Hall–Kier alpha value is -1.36. The molecular weight excluding hydrogens is 1110 g/mol. The van der Waals surface area contributed by atoms with Gasteiger partial charge in [0.15, 0.2) is 18.8 Å². The maximum absolute atomic E-state index is 13.2. The van der Waals surface area contributed by atoms with Gasteiger partial charge in [0.1, 0.15) is 10.1 Å². The molecule has 1 saturated carbocycles. The van der Waals surface area contributed by atoms with Crippen molar-refractivity contribution in [1.29, 1.82) is 0 Å². The van der Waals surface area contributed by atoms with Crippen molar-refractivity contribution >= 4 is 88.9 Å². The molecule has 406 valence electrons. The van der Waals surface area contributed by atoms with Crippen molar-refractivity contribution in [1.82, 2.24) is 4.90 Å². The average molecular weight is 1180 g/mol. The van der Waals surface area contributed by atoms with Gasteiger partial charge in [-0.15, -0.1) is 0 Å². The van der Waals surface area contributed by atoms with Crippen molar-refractivity contribution in [3.63, 3.8) is 0 Å². The van der Waals surface area contributed by atoms with Gasteiger partial charge < -0.3 is 34.3 Å². The summed E-state index contributed by atoms with van der Waals surface area (Å²) in [5.41, 5.74) is 6.75. The summed E-state index contributed by atoms with van der Waals surface area (Å²) in [6.45, 7) is 21.0. The third-order valence-electron chi connectivity index (χ3n) is 15.6. The summed E-state index contributed by atoms with van der Waals surface area (Å²) in [6, 6.07) is 16.3. The van der Waals surface area contributed by atoms with Crippen molar-refractivity contribution in [2.24, 2.45) is 11.8 Å². The fourth-order valence-electron chi connectivity index (χ4n) is 11.8. The number of fused-ring (bicyclic) bond motifs is 6. The molecule has 0 radical (unpaired) electrons. The van der Waals surface area contributed by atoms with Gasteiger partial charge >= 0.3 is 88.7 Å². The van der Waals surface area contributed by atoms with Crippen LogP contribution in [-0.2, 0) is 54.6 Å². The van der Waals surface area contributed by atoms with Crippen LogP contribution in [0.15, 0.2) is 100.0 Å². The summed E-state index contributed by atoms with van der Waals surface area (Å²) < 4.78 is 85.0. The van der Waals surface area contributed by atoms with Gasteiger partial charge in [-0.05, 0) is 120 Å². The van der Waals surface area contributed by atoms with Gasteiger partial charge in [-0.2, -0.15) is 8.67 Å². The van der Waals surface area contributed by atoms with Crippen LogP contribution in [0, 0.1) is 18.8 Å². The van der Waals surface area contributed by atoms with Gasteiger partial charge in [0.25, 0.3) is 0 Å². The molecule has 17 nitrogen and oxygen atoms in total. The first-order valence-electron chi connectivity index (χ1n) is 25.2. The Morgan fingerprint density at radius 3 is 2.13 bits per heavy atom.